The summed E-state index contributed by atoms with van der Waals surface area (Å²) in [5.74, 6) is 0.102. The Labute approximate surface area is 209 Å². The summed E-state index contributed by atoms with van der Waals surface area (Å²) in [6.07, 6.45) is 3.99. The van der Waals surface area contributed by atoms with Gasteiger partial charge >= 0.3 is 0 Å². The van der Waals surface area contributed by atoms with Gasteiger partial charge in [-0.25, -0.2) is 9.67 Å². The minimum atomic E-state index is -0.205. The molecule has 0 unspecified atom stereocenters. The Balaban J connectivity index is 1.20. The molecule has 2 heterocycles. The second-order valence-electron chi connectivity index (χ2n) is 8.63. The first-order valence-corrected chi connectivity index (χ1v) is 12.1. The molecule has 180 valence electrons. The topological polar surface area (TPSA) is 81.8 Å². The first kappa shape index (κ1) is 23.2. The highest BCUT2D eigenvalue weighted by molar-refractivity contribution is 5.76. The van der Waals surface area contributed by atoms with Crippen LogP contribution in [-0.4, -0.2) is 31.8 Å². The van der Waals surface area contributed by atoms with Crippen molar-refractivity contribution in [1.29, 1.82) is 0 Å². The zero-order chi connectivity index (χ0) is 24.7. The molecule has 36 heavy (non-hydrogen) atoms. The maximum atomic E-state index is 12.9. The lowest BCUT2D eigenvalue weighted by atomic mass is 9.88. The van der Waals surface area contributed by atoms with Gasteiger partial charge in [0.2, 0.25) is 5.91 Å². The van der Waals surface area contributed by atoms with Crippen molar-refractivity contribution in [1.82, 2.24) is 24.6 Å². The van der Waals surface area contributed by atoms with E-state index in [0.29, 0.717) is 17.6 Å². The predicted octanol–water partition coefficient (Wildman–Crippen LogP) is 4.31. The number of carbonyl (C=O) groups is 1. The number of nitrogens with zero attached hydrogens (tertiary/aromatic N) is 4. The number of benzene rings is 3. The molecule has 0 radical (unpaired) electrons. The van der Waals surface area contributed by atoms with Crippen LogP contribution in [-0.2, 0) is 11.3 Å². The zero-order valence-corrected chi connectivity index (χ0v) is 19.8. The fourth-order valence-corrected chi connectivity index (χ4v) is 4.43. The normalized spacial score (nSPS) is 11.1. The molecule has 1 N–H and O–H groups in total. The second-order valence-corrected chi connectivity index (χ2v) is 8.63. The van der Waals surface area contributed by atoms with Crippen molar-refractivity contribution in [2.75, 3.05) is 6.54 Å². The van der Waals surface area contributed by atoms with Gasteiger partial charge in [0.15, 0.2) is 5.65 Å². The molecule has 7 heteroatoms. The third-order valence-corrected chi connectivity index (χ3v) is 6.29. The van der Waals surface area contributed by atoms with E-state index in [1.54, 1.807) is 4.68 Å². The van der Waals surface area contributed by atoms with Crippen molar-refractivity contribution < 1.29 is 4.79 Å². The van der Waals surface area contributed by atoms with Gasteiger partial charge in [-0.3, -0.25) is 14.2 Å². The number of nitrogens with one attached hydrogen (secondary N) is 1. The molecule has 0 saturated carbocycles. The van der Waals surface area contributed by atoms with E-state index in [1.165, 1.54) is 28.2 Å². The molecule has 0 atom stereocenters. The molecular weight excluding hydrogens is 450 g/mol. The molecule has 7 nitrogen and oxygen atoms in total. The summed E-state index contributed by atoms with van der Waals surface area (Å²) < 4.78 is 3.11. The van der Waals surface area contributed by atoms with E-state index in [9.17, 15) is 9.59 Å². The zero-order valence-electron chi connectivity index (χ0n) is 19.8. The lowest BCUT2D eigenvalue weighted by Crippen LogP contribution is -2.29. The van der Waals surface area contributed by atoms with Crippen LogP contribution in [0.5, 0.6) is 0 Å². The van der Waals surface area contributed by atoms with E-state index < -0.39 is 0 Å². The number of aryl methyl sites for hydroxylation is 1. The lowest BCUT2D eigenvalue weighted by Gasteiger charge is -2.18. The monoisotopic (exact) mass is 477 g/mol. The number of fused-ring (bicyclic) bond motifs is 1. The summed E-state index contributed by atoms with van der Waals surface area (Å²) in [4.78, 5) is 30.0. The SMILES string of the molecule is O=C(CCn1cnc2c(cnn2-c2ccccc2)c1=O)NCCC(c1ccccc1)c1ccccc1. The molecule has 0 fully saturated rings. The number of amides is 1. The van der Waals surface area contributed by atoms with Gasteiger partial charge in [-0.05, 0) is 29.7 Å². The van der Waals surface area contributed by atoms with E-state index in [2.05, 4.69) is 39.7 Å². The molecule has 0 spiro atoms. The molecule has 2 aromatic heterocycles. The number of hydrogen-bond acceptors (Lipinski definition) is 4. The Bertz CT molecular complexity index is 1460. The van der Waals surface area contributed by atoms with Gasteiger partial charge < -0.3 is 5.32 Å². The third kappa shape index (κ3) is 5.10. The van der Waals surface area contributed by atoms with Gasteiger partial charge in [-0.1, -0.05) is 78.9 Å². The fourth-order valence-electron chi connectivity index (χ4n) is 4.43. The minimum Gasteiger partial charge on any atom is -0.356 e. The van der Waals surface area contributed by atoms with Gasteiger partial charge in [0.05, 0.1) is 18.2 Å². The van der Waals surface area contributed by atoms with Crippen LogP contribution in [0, 0.1) is 0 Å². The van der Waals surface area contributed by atoms with Crippen LogP contribution in [0.3, 0.4) is 0 Å². The van der Waals surface area contributed by atoms with Gasteiger partial charge in [-0.15, -0.1) is 0 Å². The van der Waals surface area contributed by atoms with Gasteiger partial charge in [0.1, 0.15) is 5.39 Å². The summed E-state index contributed by atoms with van der Waals surface area (Å²) in [6.45, 7) is 0.800. The summed E-state index contributed by atoms with van der Waals surface area (Å²) in [5.41, 5.74) is 3.57. The summed E-state index contributed by atoms with van der Waals surface area (Å²) >= 11 is 0. The number of para-hydroxylation sites is 1. The molecule has 0 saturated heterocycles. The summed E-state index contributed by atoms with van der Waals surface area (Å²) in [7, 11) is 0. The number of rotatable bonds is 9. The lowest BCUT2D eigenvalue weighted by molar-refractivity contribution is -0.121. The molecule has 0 bridgehead atoms. The molecule has 0 aliphatic heterocycles. The molecule has 3 aromatic carbocycles. The number of hydrogen-bond donors (Lipinski definition) is 1. The highest BCUT2D eigenvalue weighted by atomic mass is 16.1. The van der Waals surface area contributed by atoms with Crippen molar-refractivity contribution in [3.8, 4) is 5.69 Å². The van der Waals surface area contributed by atoms with Crippen molar-refractivity contribution in [2.45, 2.75) is 25.3 Å². The van der Waals surface area contributed by atoms with Gasteiger partial charge in [-0.2, -0.15) is 5.10 Å². The second kappa shape index (κ2) is 10.8. The van der Waals surface area contributed by atoms with Crippen LogP contribution in [0.1, 0.15) is 29.9 Å². The maximum Gasteiger partial charge on any atom is 0.264 e. The van der Waals surface area contributed by atoms with Crippen molar-refractivity contribution >= 4 is 16.9 Å². The van der Waals surface area contributed by atoms with Crippen LogP contribution >= 0.6 is 0 Å². The minimum absolute atomic E-state index is 0.0955. The summed E-state index contributed by atoms with van der Waals surface area (Å²) in [5, 5.41) is 7.77. The van der Waals surface area contributed by atoms with Crippen LogP contribution in [0.2, 0.25) is 0 Å². The quantitative estimate of drug-likeness (QED) is 0.343. The standard InChI is InChI=1S/C29H27N5O2/c35-27(30-18-16-25(22-10-4-1-5-11-22)23-12-6-2-7-13-23)17-19-33-21-31-28-26(29(33)36)20-32-34(28)24-14-8-3-9-15-24/h1-15,20-21,25H,16-19H2,(H,30,35). The Hall–Kier alpha value is -4.52. The predicted molar refractivity (Wildman–Crippen MR) is 140 cm³/mol. The fraction of sp³-hybridized carbons (Fsp3) is 0.172. The van der Waals surface area contributed by atoms with Crippen molar-refractivity contribution in [2.24, 2.45) is 0 Å². The number of aromatic nitrogens is 4. The van der Waals surface area contributed by atoms with E-state index in [0.717, 1.165) is 12.1 Å². The average molecular weight is 478 g/mol. The van der Waals surface area contributed by atoms with E-state index in [4.69, 9.17) is 0 Å². The van der Waals surface area contributed by atoms with Crippen molar-refractivity contribution in [3.05, 3.63) is 125 Å². The molecule has 0 aliphatic rings. The third-order valence-electron chi connectivity index (χ3n) is 6.29. The maximum absolute atomic E-state index is 12.9. The molecule has 0 aliphatic carbocycles. The molecule has 1 amide bonds. The summed E-state index contributed by atoms with van der Waals surface area (Å²) in [6, 6.07) is 30.2. The number of carbonyl (C=O) groups excluding carboxylic acids is 1. The Morgan fingerprint density at radius 1 is 0.861 bits per heavy atom. The Kier molecular flexibility index (Phi) is 6.98. The van der Waals surface area contributed by atoms with E-state index in [1.807, 2.05) is 66.7 Å². The van der Waals surface area contributed by atoms with Crippen LogP contribution in [0.25, 0.3) is 16.7 Å². The Morgan fingerprint density at radius 2 is 1.47 bits per heavy atom. The van der Waals surface area contributed by atoms with Gasteiger partial charge in [0.25, 0.3) is 5.56 Å². The van der Waals surface area contributed by atoms with Crippen LogP contribution in [0.15, 0.2) is 108 Å². The van der Waals surface area contributed by atoms with E-state index >= 15 is 0 Å². The first-order valence-electron chi connectivity index (χ1n) is 12.1. The van der Waals surface area contributed by atoms with Gasteiger partial charge in [0, 0.05) is 25.4 Å². The molecule has 5 aromatic rings. The molecular formula is C29H27N5O2. The Morgan fingerprint density at radius 3 is 2.11 bits per heavy atom. The van der Waals surface area contributed by atoms with Crippen LogP contribution in [0.4, 0.5) is 0 Å². The van der Waals surface area contributed by atoms with Crippen LogP contribution < -0.4 is 10.9 Å². The van der Waals surface area contributed by atoms with E-state index in [-0.39, 0.29) is 30.3 Å². The highest BCUT2D eigenvalue weighted by Gasteiger charge is 2.15. The first-order chi connectivity index (χ1) is 17.7. The van der Waals surface area contributed by atoms with Crippen molar-refractivity contribution in [3.63, 3.8) is 0 Å². The smallest absolute Gasteiger partial charge is 0.264 e. The largest absolute Gasteiger partial charge is 0.356 e. The molecule has 5 rings (SSSR count). The average Bonchev–Trinajstić information content (AvgIpc) is 3.37. The highest BCUT2D eigenvalue weighted by Crippen LogP contribution is 2.27.